The molecule has 0 spiro atoms. The summed E-state index contributed by atoms with van der Waals surface area (Å²) in [6, 6.07) is 10.5. The summed E-state index contributed by atoms with van der Waals surface area (Å²) in [5, 5.41) is 17.1. The number of thiophene rings is 1. The zero-order valence-electron chi connectivity index (χ0n) is 17.9. The normalized spacial score (nSPS) is 11.0. The third-order valence-electron chi connectivity index (χ3n) is 4.51. The first-order valence-corrected chi connectivity index (χ1v) is 12.3. The van der Waals surface area contributed by atoms with Crippen LogP contribution in [0.3, 0.4) is 0 Å². The summed E-state index contributed by atoms with van der Waals surface area (Å²) in [7, 11) is 0. The molecule has 7 nitrogen and oxygen atoms in total. The molecule has 2 aromatic heterocycles. The summed E-state index contributed by atoms with van der Waals surface area (Å²) in [6.07, 6.45) is 3.52. The van der Waals surface area contributed by atoms with Gasteiger partial charge in [-0.2, -0.15) is 0 Å². The van der Waals surface area contributed by atoms with Crippen LogP contribution in [-0.2, 0) is 13.0 Å². The number of nitrogens with zero attached hydrogens (tertiary/aromatic N) is 3. The van der Waals surface area contributed by atoms with Crippen molar-refractivity contribution in [1.29, 1.82) is 0 Å². The molecule has 0 saturated heterocycles. The Morgan fingerprint density at radius 2 is 2.00 bits per heavy atom. The van der Waals surface area contributed by atoms with E-state index >= 15 is 0 Å². The van der Waals surface area contributed by atoms with Crippen LogP contribution in [0.5, 0.6) is 0 Å². The maximum atomic E-state index is 12.5. The highest BCUT2D eigenvalue weighted by atomic mass is 32.2. The maximum Gasteiger partial charge on any atom is 0.265 e. The van der Waals surface area contributed by atoms with E-state index in [1.165, 1.54) is 11.3 Å². The van der Waals surface area contributed by atoms with Crippen molar-refractivity contribution in [1.82, 2.24) is 20.1 Å². The number of aromatic nitrogens is 3. The SMILES string of the molecule is CSc1nnc(CCCNC(=O)c2cccc(NC(=O)c3cccs3)c2)n1CC(C)C. The standard InChI is InChI=1S/C22H27N5O2S2/c1-15(2)14-27-19(25-26-22(27)30-3)10-5-11-23-20(28)16-7-4-8-17(13-16)24-21(29)18-9-6-12-31-18/h4,6-9,12-13,15H,5,10-11,14H2,1-3H3,(H,23,28)(H,24,29). The molecule has 0 saturated carbocycles. The van der Waals surface area contributed by atoms with Crippen molar-refractivity contribution in [2.45, 2.75) is 38.4 Å². The third kappa shape index (κ3) is 6.41. The quantitative estimate of drug-likeness (QED) is 0.349. The van der Waals surface area contributed by atoms with Gasteiger partial charge in [-0.25, -0.2) is 0 Å². The van der Waals surface area contributed by atoms with Gasteiger partial charge in [0, 0.05) is 30.8 Å². The second-order valence-electron chi connectivity index (χ2n) is 7.48. The van der Waals surface area contributed by atoms with Gasteiger partial charge in [-0.15, -0.1) is 21.5 Å². The summed E-state index contributed by atoms with van der Waals surface area (Å²) in [5.41, 5.74) is 1.11. The summed E-state index contributed by atoms with van der Waals surface area (Å²) in [6.45, 7) is 5.76. The summed E-state index contributed by atoms with van der Waals surface area (Å²) in [5.74, 6) is 1.11. The first-order valence-electron chi connectivity index (χ1n) is 10.2. The van der Waals surface area contributed by atoms with Gasteiger partial charge in [0.25, 0.3) is 11.8 Å². The van der Waals surface area contributed by atoms with E-state index < -0.39 is 0 Å². The Balaban J connectivity index is 1.51. The van der Waals surface area contributed by atoms with Crippen LogP contribution in [-0.4, -0.2) is 39.4 Å². The molecule has 0 bridgehead atoms. The molecule has 2 heterocycles. The minimum atomic E-state index is -0.178. The topological polar surface area (TPSA) is 88.9 Å². The van der Waals surface area contributed by atoms with Gasteiger partial charge < -0.3 is 15.2 Å². The predicted octanol–water partition coefficient (Wildman–Crippen LogP) is 4.33. The van der Waals surface area contributed by atoms with Crippen LogP contribution in [0.25, 0.3) is 0 Å². The molecular weight excluding hydrogens is 430 g/mol. The molecular formula is C22H27N5O2S2. The molecule has 0 unspecified atom stereocenters. The van der Waals surface area contributed by atoms with Crippen molar-refractivity contribution in [3.8, 4) is 0 Å². The van der Waals surface area contributed by atoms with Gasteiger partial charge in [0.05, 0.1) is 4.88 Å². The van der Waals surface area contributed by atoms with Crippen LogP contribution in [0.2, 0.25) is 0 Å². The van der Waals surface area contributed by atoms with Gasteiger partial charge in [-0.1, -0.05) is 37.7 Å². The van der Waals surface area contributed by atoms with E-state index in [4.69, 9.17) is 0 Å². The predicted molar refractivity (Wildman–Crippen MR) is 126 cm³/mol. The first-order chi connectivity index (χ1) is 15.0. The van der Waals surface area contributed by atoms with Gasteiger partial charge >= 0.3 is 0 Å². The Labute approximate surface area is 190 Å². The minimum absolute atomic E-state index is 0.166. The number of aryl methyl sites for hydroxylation is 1. The number of hydrogen-bond acceptors (Lipinski definition) is 6. The van der Waals surface area contributed by atoms with Crippen molar-refractivity contribution >= 4 is 40.6 Å². The van der Waals surface area contributed by atoms with Crippen molar-refractivity contribution in [3.05, 3.63) is 58.0 Å². The lowest BCUT2D eigenvalue weighted by molar-refractivity contribution is 0.0951. The molecule has 31 heavy (non-hydrogen) atoms. The number of benzene rings is 1. The summed E-state index contributed by atoms with van der Waals surface area (Å²) >= 11 is 2.97. The zero-order chi connectivity index (χ0) is 22.2. The molecule has 0 aliphatic carbocycles. The highest BCUT2D eigenvalue weighted by Gasteiger charge is 2.13. The largest absolute Gasteiger partial charge is 0.352 e. The maximum absolute atomic E-state index is 12.5. The van der Waals surface area contributed by atoms with Gasteiger partial charge in [-0.3, -0.25) is 9.59 Å². The molecule has 0 aliphatic heterocycles. The number of hydrogen-bond donors (Lipinski definition) is 2. The monoisotopic (exact) mass is 457 g/mol. The zero-order valence-corrected chi connectivity index (χ0v) is 19.6. The molecule has 0 radical (unpaired) electrons. The van der Waals surface area contributed by atoms with Crippen LogP contribution in [0, 0.1) is 5.92 Å². The van der Waals surface area contributed by atoms with E-state index in [0.717, 1.165) is 30.4 Å². The fourth-order valence-corrected chi connectivity index (χ4v) is 4.23. The smallest absolute Gasteiger partial charge is 0.265 e. The number of anilines is 1. The number of amides is 2. The lowest BCUT2D eigenvalue weighted by atomic mass is 10.1. The van der Waals surface area contributed by atoms with Crippen LogP contribution >= 0.6 is 23.1 Å². The fraction of sp³-hybridized carbons (Fsp3) is 0.364. The number of carbonyl (C=O) groups excluding carboxylic acids is 2. The average molecular weight is 458 g/mol. The van der Waals surface area contributed by atoms with Gasteiger partial charge in [0.15, 0.2) is 5.16 Å². The van der Waals surface area contributed by atoms with Crippen LogP contribution in [0.4, 0.5) is 5.69 Å². The molecule has 164 valence electrons. The highest BCUT2D eigenvalue weighted by Crippen LogP contribution is 2.17. The Morgan fingerprint density at radius 3 is 2.71 bits per heavy atom. The lowest BCUT2D eigenvalue weighted by Crippen LogP contribution is -2.25. The van der Waals surface area contributed by atoms with Crippen molar-refractivity contribution < 1.29 is 9.59 Å². The molecule has 0 aliphatic rings. The molecule has 3 rings (SSSR count). The van der Waals surface area contributed by atoms with Gasteiger partial charge in [-0.05, 0) is 48.2 Å². The highest BCUT2D eigenvalue weighted by molar-refractivity contribution is 7.98. The number of carbonyl (C=O) groups is 2. The van der Waals surface area contributed by atoms with Crippen molar-refractivity contribution in [2.24, 2.45) is 5.92 Å². The Morgan fingerprint density at radius 1 is 1.16 bits per heavy atom. The number of thioether (sulfide) groups is 1. The average Bonchev–Trinajstić information content (AvgIpc) is 3.41. The lowest BCUT2D eigenvalue weighted by Gasteiger charge is -2.12. The van der Waals surface area contributed by atoms with Crippen molar-refractivity contribution in [2.75, 3.05) is 18.1 Å². The van der Waals surface area contributed by atoms with E-state index in [1.54, 1.807) is 42.1 Å². The number of rotatable bonds is 10. The van der Waals surface area contributed by atoms with Crippen LogP contribution < -0.4 is 10.6 Å². The molecule has 3 aromatic rings. The van der Waals surface area contributed by atoms with Crippen molar-refractivity contribution in [3.63, 3.8) is 0 Å². The van der Waals surface area contributed by atoms with Crippen LogP contribution in [0.1, 0.15) is 46.1 Å². The fourth-order valence-electron chi connectivity index (χ4n) is 3.09. The first kappa shape index (κ1) is 23.0. The van der Waals surface area contributed by atoms with E-state index in [2.05, 4.69) is 39.2 Å². The van der Waals surface area contributed by atoms with E-state index in [-0.39, 0.29) is 11.8 Å². The molecule has 0 atom stereocenters. The molecule has 2 amide bonds. The third-order valence-corrected chi connectivity index (χ3v) is 6.05. The summed E-state index contributed by atoms with van der Waals surface area (Å²) in [4.78, 5) is 25.4. The number of nitrogens with one attached hydrogen (secondary N) is 2. The second kappa shape index (κ2) is 11.1. The van der Waals surface area contributed by atoms with E-state index in [1.807, 2.05) is 17.7 Å². The molecule has 0 fully saturated rings. The van der Waals surface area contributed by atoms with Gasteiger partial charge in [0.1, 0.15) is 5.82 Å². The Kier molecular flexibility index (Phi) is 8.25. The molecule has 2 N–H and O–H groups in total. The molecule has 9 heteroatoms. The minimum Gasteiger partial charge on any atom is -0.352 e. The Hall–Kier alpha value is -2.65. The Bertz CT molecular complexity index is 1010. The van der Waals surface area contributed by atoms with Gasteiger partial charge in [0.2, 0.25) is 0 Å². The van der Waals surface area contributed by atoms with Crippen LogP contribution in [0.15, 0.2) is 46.9 Å². The molecule has 1 aromatic carbocycles. The van der Waals surface area contributed by atoms with E-state index in [9.17, 15) is 9.59 Å². The van der Waals surface area contributed by atoms with E-state index in [0.29, 0.717) is 28.6 Å². The second-order valence-corrected chi connectivity index (χ2v) is 9.20. The summed E-state index contributed by atoms with van der Waals surface area (Å²) < 4.78 is 2.16.